The quantitative estimate of drug-likeness (QED) is 0.221. The van der Waals surface area contributed by atoms with Gasteiger partial charge in [-0.2, -0.15) is 0 Å². The average molecular weight is 306 g/mol. The van der Waals surface area contributed by atoms with Crippen LogP contribution in [0.3, 0.4) is 0 Å². The van der Waals surface area contributed by atoms with Gasteiger partial charge in [0.2, 0.25) is 0 Å². The zero-order chi connectivity index (χ0) is 15.0. The SMILES string of the molecule is CCC(=O)/C(C)=C/[O-].CCC(=O)CC.COC=O.[H-].[Na+].[Na+]. The van der Waals surface area contributed by atoms with E-state index in [-0.39, 0.29) is 66.3 Å². The van der Waals surface area contributed by atoms with Crippen molar-refractivity contribution in [3.05, 3.63) is 11.8 Å². The standard InChI is InChI=1S/C6H10O2.C5H10O.C2H4O2.2Na.H/c1-3-6(8)5(2)4-7;1-3-5(6)4-2;1-4-2-3;;;/h4,7H,3H2,1-2H3;3-4H2,1-2H3;2H,1H3;;;/q;;;2*+1;-1/p-1/b5-4+;;;;;. The van der Waals surface area contributed by atoms with E-state index in [1.54, 1.807) is 6.92 Å². The first-order chi connectivity index (χ1) is 8.44. The summed E-state index contributed by atoms with van der Waals surface area (Å²) in [6.45, 7) is 7.39. The summed E-state index contributed by atoms with van der Waals surface area (Å²) >= 11 is 0. The van der Waals surface area contributed by atoms with Crippen molar-refractivity contribution in [1.82, 2.24) is 0 Å². The van der Waals surface area contributed by atoms with Crippen LogP contribution in [-0.4, -0.2) is 25.1 Å². The monoisotopic (exact) mass is 306 g/mol. The molecule has 0 fully saturated rings. The molecule has 0 aliphatic heterocycles. The van der Waals surface area contributed by atoms with Gasteiger partial charge in [-0.1, -0.05) is 20.8 Å². The molecule has 0 amide bonds. The molecule has 0 N–H and O–H groups in total. The van der Waals surface area contributed by atoms with Gasteiger partial charge >= 0.3 is 59.1 Å². The number of rotatable bonds is 5. The average Bonchev–Trinajstić information content (AvgIpc) is 2.45. The minimum atomic E-state index is -0.0694. The van der Waals surface area contributed by atoms with E-state index in [9.17, 15) is 14.7 Å². The molecule has 0 aliphatic rings. The minimum Gasteiger partial charge on any atom is -1.00 e. The Kier molecular flexibility index (Phi) is 44.7. The maximum absolute atomic E-state index is 10.5. The van der Waals surface area contributed by atoms with Gasteiger partial charge in [0, 0.05) is 19.3 Å². The largest absolute Gasteiger partial charge is 1.00 e. The fourth-order valence-corrected chi connectivity index (χ4v) is 0.595. The Balaban J connectivity index is -0.0000000393. The second-order valence-corrected chi connectivity index (χ2v) is 3.16. The van der Waals surface area contributed by atoms with Gasteiger partial charge < -0.3 is 11.3 Å². The molecule has 0 aliphatic carbocycles. The number of Topliss-reactive ketones (excluding diaryl/α,β-unsaturated/α-hetero) is 2. The first-order valence-corrected chi connectivity index (χ1v) is 5.74. The number of carbonyl (C=O) groups excluding carboxylic acids is 3. The summed E-state index contributed by atoms with van der Waals surface area (Å²) in [5, 5.41) is 9.85. The molecule has 7 heteroatoms. The van der Waals surface area contributed by atoms with E-state index < -0.39 is 0 Å². The van der Waals surface area contributed by atoms with Crippen LogP contribution in [0.1, 0.15) is 48.4 Å². The zero-order valence-electron chi connectivity index (χ0n) is 14.8. The van der Waals surface area contributed by atoms with Crippen LogP contribution in [0.5, 0.6) is 0 Å². The molecule has 0 rings (SSSR count). The molecule has 0 unspecified atom stereocenters. The van der Waals surface area contributed by atoms with E-state index in [0.717, 1.165) is 0 Å². The van der Waals surface area contributed by atoms with Crippen LogP contribution in [0.2, 0.25) is 0 Å². The predicted octanol–water partition coefficient (Wildman–Crippen LogP) is -4.49. The van der Waals surface area contributed by atoms with Gasteiger partial charge in [0.1, 0.15) is 5.78 Å². The molecule has 0 heterocycles. The summed E-state index contributed by atoms with van der Waals surface area (Å²) in [5.41, 5.74) is 0.313. The molecular weight excluding hydrogens is 282 g/mol. The number of ether oxygens (including phenoxy) is 1. The number of allylic oxidation sites excluding steroid dienone is 1. The summed E-state index contributed by atoms with van der Waals surface area (Å²) in [5.74, 6) is 0.273. The van der Waals surface area contributed by atoms with E-state index in [2.05, 4.69) is 4.74 Å². The van der Waals surface area contributed by atoms with Crippen molar-refractivity contribution in [3.63, 3.8) is 0 Å². The second kappa shape index (κ2) is 27.7. The van der Waals surface area contributed by atoms with E-state index in [0.29, 0.717) is 43.4 Å². The Labute approximate surface area is 167 Å². The second-order valence-electron chi connectivity index (χ2n) is 3.16. The van der Waals surface area contributed by atoms with Gasteiger partial charge in [0.25, 0.3) is 6.47 Å². The molecular formula is C13H24Na2O5. The number of hydrogen-bond acceptors (Lipinski definition) is 5. The molecule has 0 aromatic rings. The van der Waals surface area contributed by atoms with E-state index >= 15 is 0 Å². The van der Waals surface area contributed by atoms with Crippen LogP contribution in [0.25, 0.3) is 0 Å². The zero-order valence-corrected chi connectivity index (χ0v) is 17.8. The third kappa shape index (κ3) is 31.0. The Hall–Kier alpha value is 0.350. The summed E-state index contributed by atoms with van der Waals surface area (Å²) in [6.07, 6.45) is 2.39. The number of hydrogen-bond donors (Lipinski definition) is 0. The molecule has 108 valence electrons. The van der Waals surface area contributed by atoms with Crippen LogP contribution in [0, 0.1) is 0 Å². The Morgan fingerprint density at radius 3 is 1.50 bits per heavy atom. The molecule has 0 spiro atoms. The molecule has 0 atom stereocenters. The van der Waals surface area contributed by atoms with Gasteiger partial charge in [-0.05, 0) is 12.5 Å². The van der Waals surface area contributed by atoms with Gasteiger partial charge in [0.05, 0.1) is 7.11 Å². The van der Waals surface area contributed by atoms with Crippen LogP contribution >= 0.6 is 0 Å². The molecule has 0 aromatic heterocycles. The molecule has 0 radical (unpaired) electrons. The van der Waals surface area contributed by atoms with Gasteiger partial charge in [-0.15, -0.1) is 6.26 Å². The van der Waals surface area contributed by atoms with Gasteiger partial charge in [-0.3, -0.25) is 14.4 Å². The number of methoxy groups -OCH3 is 1. The summed E-state index contributed by atoms with van der Waals surface area (Å²) < 4.78 is 3.86. The first-order valence-electron chi connectivity index (χ1n) is 5.74. The van der Waals surface area contributed by atoms with Crippen LogP contribution in [-0.2, 0) is 19.1 Å². The van der Waals surface area contributed by atoms with Crippen molar-refractivity contribution >= 4 is 18.0 Å². The molecule has 0 bridgehead atoms. The molecule has 20 heavy (non-hydrogen) atoms. The van der Waals surface area contributed by atoms with E-state index in [1.807, 2.05) is 13.8 Å². The smallest absolute Gasteiger partial charge is 1.00 e. The van der Waals surface area contributed by atoms with Crippen LogP contribution < -0.4 is 64.2 Å². The van der Waals surface area contributed by atoms with E-state index in [1.165, 1.54) is 14.0 Å². The van der Waals surface area contributed by atoms with Crippen molar-refractivity contribution < 1.29 is 84.8 Å². The molecule has 0 aromatic carbocycles. The fraction of sp³-hybridized carbons (Fsp3) is 0.615. The van der Waals surface area contributed by atoms with Crippen LogP contribution in [0.15, 0.2) is 11.8 Å². The number of ketones is 2. The third-order valence-electron chi connectivity index (χ3n) is 1.82. The van der Waals surface area contributed by atoms with Gasteiger partial charge in [-0.25, -0.2) is 0 Å². The third-order valence-corrected chi connectivity index (χ3v) is 1.82. The fourth-order valence-electron chi connectivity index (χ4n) is 0.595. The molecule has 0 saturated heterocycles. The Bertz CT molecular complexity index is 265. The summed E-state index contributed by atoms with van der Waals surface area (Å²) in [7, 11) is 1.31. The first kappa shape index (κ1) is 32.3. The Morgan fingerprint density at radius 1 is 1.10 bits per heavy atom. The van der Waals surface area contributed by atoms with Crippen molar-refractivity contribution in [2.45, 2.75) is 47.0 Å². The number of carbonyl (C=O) groups is 3. The summed E-state index contributed by atoms with van der Waals surface area (Å²) in [4.78, 5) is 29.6. The van der Waals surface area contributed by atoms with Crippen molar-refractivity contribution in [1.29, 1.82) is 0 Å². The van der Waals surface area contributed by atoms with Crippen molar-refractivity contribution in [2.24, 2.45) is 0 Å². The molecule has 5 nitrogen and oxygen atoms in total. The normalized spacial score (nSPS) is 8.15. The molecule has 0 saturated carbocycles. The Morgan fingerprint density at radius 2 is 1.45 bits per heavy atom. The maximum Gasteiger partial charge on any atom is 1.00 e. The minimum absolute atomic E-state index is 0. The van der Waals surface area contributed by atoms with Gasteiger partial charge in [0.15, 0.2) is 5.78 Å². The predicted molar refractivity (Wildman–Crippen MR) is 68.8 cm³/mol. The maximum atomic E-state index is 10.5. The van der Waals surface area contributed by atoms with Crippen LogP contribution in [0.4, 0.5) is 0 Å². The summed E-state index contributed by atoms with van der Waals surface area (Å²) in [6, 6.07) is 0. The van der Waals surface area contributed by atoms with Crippen molar-refractivity contribution in [2.75, 3.05) is 7.11 Å². The topological polar surface area (TPSA) is 83.5 Å². The van der Waals surface area contributed by atoms with E-state index in [4.69, 9.17) is 4.79 Å². The van der Waals surface area contributed by atoms with Crippen molar-refractivity contribution in [3.8, 4) is 0 Å².